The van der Waals surface area contributed by atoms with Crippen LogP contribution in [-0.2, 0) is 0 Å². The summed E-state index contributed by atoms with van der Waals surface area (Å²) in [4.78, 5) is 4.03. The molecule has 4 heteroatoms. The Morgan fingerprint density at radius 3 is 2.53 bits per heavy atom. The molecule has 0 saturated carbocycles. The van der Waals surface area contributed by atoms with Crippen molar-refractivity contribution in [3.63, 3.8) is 0 Å². The fourth-order valence-corrected chi connectivity index (χ4v) is 2.56. The molecule has 0 aliphatic rings. The molecule has 2 N–H and O–H groups in total. The van der Waals surface area contributed by atoms with Crippen LogP contribution in [0.25, 0.3) is 0 Å². The highest BCUT2D eigenvalue weighted by Gasteiger charge is 2.19. The molecule has 19 heavy (non-hydrogen) atoms. The van der Waals surface area contributed by atoms with Gasteiger partial charge in [-0.2, -0.15) is 0 Å². The van der Waals surface area contributed by atoms with E-state index in [2.05, 4.69) is 27.8 Å². The minimum absolute atomic E-state index is 0.105. The lowest BCUT2D eigenvalue weighted by Gasteiger charge is -2.22. The first-order valence-electron chi connectivity index (χ1n) is 6.12. The summed E-state index contributed by atoms with van der Waals surface area (Å²) >= 11 is 3.55. The summed E-state index contributed by atoms with van der Waals surface area (Å²) < 4.78 is 6.26. The van der Waals surface area contributed by atoms with Crippen molar-refractivity contribution < 1.29 is 4.74 Å². The Morgan fingerprint density at radius 2 is 1.89 bits per heavy atom. The summed E-state index contributed by atoms with van der Waals surface area (Å²) in [6, 6.07) is 9.75. The highest BCUT2D eigenvalue weighted by Crippen LogP contribution is 2.34. The third kappa shape index (κ3) is 3.14. The van der Waals surface area contributed by atoms with Crippen molar-refractivity contribution in [2.75, 3.05) is 7.11 Å². The van der Waals surface area contributed by atoms with Crippen LogP contribution in [0.4, 0.5) is 0 Å². The van der Waals surface area contributed by atoms with Crippen molar-refractivity contribution in [2.45, 2.75) is 18.9 Å². The molecule has 3 nitrogen and oxygen atoms in total. The SMILES string of the molecule is COc1ccc(Br)c(C(N)C(C)c2ccncc2)c1. The first kappa shape index (κ1) is 14.0. The fourth-order valence-electron chi connectivity index (χ4n) is 2.05. The number of hydrogen-bond acceptors (Lipinski definition) is 3. The quantitative estimate of drug-likeness (QED) is 0.935. The van der Waals surface area contributed by atoms with Gasteiger partial charge in [-0.25, -0.2) is 0 Å². The van der Waals surface area contributed by atoms with Gasteiger partial charge < -0.3 is 10.5 Å². The molecule has 0 saturated heterocycles. The molecule has 0 radical (unpaired) electrons. The Balaban J connectivity index is 2.31. The van der Waals surface area contributed by atoms with Crippen LogP contribution in [-0.4, -0.2) is 12.1 Å². The number of benzene rings is 1. The van der Waals surface area contributed by atoms with Crippen molar-refractivity contribution in [3.05, 3.63) is 58.3 Å². The van der Waals surface area contributed by atoms with Crippen molar-refractivity contribution in [1.82, 2.24) is 4.98 Å². The third-order valence-corrected chi connectivity index (χ3v) is 4.06. The van der Waals surface area contributed by atoms with E-state index in [0.29, 0.717) is 0 Å². The van der Waals surface area contributed by atoms with Crippen LogP contribution in [0.2, 0.25) is 0 Å². The van der Waals surface area contributed by atoms with Crippen molar-refractivity contribution in [2.24, 2.45) is 5.73 Å². The van der Waals surface area contributed by atoms with Crippen LogP contribution in [0.3, 0.4) is 0 Å². The zero-order chi connectivity index (χ0) is 13.8. The van der Waals surface area contributed by atoms with E-state index in [-0.39, 0.29) is 12.0 Å². The van der Waals surface area contributed by atoms with Gasteiger partial charge in [-0.05, 0) is 41.5 Å². The molecule has 0 aliphatic carbocycles. The van der Waals surface area contributed by atoms with E-state index in [1.54, 1.807) is 19.5 Å². The molecule has 0 bridgehead atoms. The fraction of sp³-hybridized carbons (Fsp3) is 0.267. The van der Waals surface area contributed by atoms with E-state index in [4.69, 9.17) is 10.5 Å². The van der Waals surface area contributed by atoms with Crippen LogP contribution in [0.5, 0.6) is 5.75 Å². The average Bonchev–Trinajstić information content (AvgIpc) is 2.47. The molecular formula is C15H17BrN2O. The van der Waals surface area contributed by atoms with Gasteiger partial charge in [-0.1, -0.05) is 22.9 Å². The van der Waals surface area contributed by atoms with Crippen LogP contribution in [0.1, 0.15) is 30.0 Å². The number of methoxy groups -OCH3 is 1. The van der Waals surface area contributed by atoms with Crippen LogP contribution >= 0.6 is 15.9 Å². The third-order valence-electron chi connectivity index (χ3n) is 3.33. The number of nitrogens with zero attached hydrogens (tertiary/aromatic N) is 1. The number of pyridine rings is 1. The molecule has 2 rings (SSSR count). The van der Waals surface area contributed by atoms with Gasteiger partial charge in [-0.15, -0.1) is 0 Å². The van der Waals surface area contributed by atoms with Gasteiger partial charge >= 0.3 is 0 Å². The van der Waals surface area contributed by atoms with Gasteiger partial charge in [0, 0.05) is 28.8 Å². The lowest BCUT2D eigenvalue weighted by molar-refractivity contribution is 0.413. The van der Waals surface area contributed by atoms with E-state index >= 15 is 0 Å². The second kappa shape index (κ2) is 6.17. The molecule has 0 fully saturated rings. The van der Waals surface area contributed by atoms with Gasteiger partial charge in [0.2, 0.25) is 0 Å². The molecule has 2 aromatic rings. The zero-order valence-electron chi connectivity index (χ0n) is 11.0. The highest BCUT2D eigenvalue weighted by molar-refractivity contribution is 9.10. The maximum atomic E-state index is 6.39. The Bertz CT molecular complexity index is 545. The summed E-state index contributed by atoms with van der Waals surface area (Å²) in [5.74, 6) is 1.02. The molecule has 2 unspecified atom stereocenters. The number of rotatable bonds is 4. The van der Waals surface area contributed by atoms with Gasteiger partial charge in [0.05, 0.1) is 7.11 Å². The molecule has 1 heterocycles. The first-order valence-corrected chi connectivity index (χ1v) is 6.91. The average molecular weight is 321 g/mol. The van der Waals surface area contributed by atoms with Crippen LogP contribution in [0.15, 0.2) is 47.2 Å². The van der Waals surface area contributed by atoms with E-state index in [9.17, 15) is 0 Å². The number of nitrogens with two attached hydrogens (primary N) is 1. The van der Waals surface area contributed by atoms with E-state index < -0.39 is 0 Å². The second-order valence-electron chi connectivity index (χ2n) is 4.48. The number of halogens is 1. The van der Waals surface area contributed by atoms with Gasteiger partial charge in [0.25, 0.3) is 0 Å². The standard InChI is InChI=1S/C15H17BrN2O/c1-10(11-5-7-18-8-6-11)15(17)13-9-12(19-2)3-4-14(13)16/h3-10,15H,17H2,1-2H3. The zero-order valence-corrected chi connectivity index (χ0v) is 12.6. The van der Waals surface area contributed by atoms with Gasteiger partial charge in [-0.3, -0.25) is 4.98 Å². The van der Waals surface area contributed by atoms with Crippen molar-refractivity contribution in [3.8, 4) is 5.75 Å². The number of hydrogen-bond donors (Lipinski definition) is 1. The smallest absolute Gasteiger partial charge is 0.119 e. The largest absolute Gasteiger partial charge is 0.497 e. The van der Waals surface area contributed by atoms with Crippen LogP contribution < -0.4 is 10.5 Å². The minimum atomic E-state index is -0.105. The summed E-state index contributed by atoms with van der Waals surface area (Å²) in [7, 11) is 1.66. The minimum Gasteiger partial charge on any atom is -0.497 e. The van der Waals surface area contributed by atoms with E-state index in [1.165, 1.54) is 5.56 Å². The highest BCUT2D eigenvalue weighted by atomic mass is 79.9. The van der Waals surface area contributed by atoms with E-state index in [0.717, 1.165) is 15.8 Å². The molecule has 0 amide bonds. The maximum Gasteiger partial charge on any atom is 0.119 e. The predicted octanol–water partition coefficient (Wildman–Crippen LogP) is 3.66. The van der Waals surface area contributed by atoms with Crippen LogP contribution in [0, 0.1) is 0 Å². The molecule has 1 aromatic heterocycles. The van der Waals surface area contributed by atoms with Crippen molar-refractivity contribution in [1.29, 1.82) is 0 Å². The van der Waals surface area contributed by atoms with E-state index in [1.807, 2.05) is 30.3 Å². The topological polar surface area (TPSA) is 48.1 Å². The monoisotopic (exact) mass is 320 g/mol. The maximum absolute atomic E-state index is 6.39. The Morgan fingerprint density at radius 1 is 1.21 bits per heavy atom. The first-order chi connectivity index (χ1) is 9.13. The normalized spacial score (nSPS) is 13.9. The lowest BCUT2D eigenvalue weighted by Crippen LogP contribution is -2.18. The summed E-state index contributed by atoms with van der Waals surface area (Å²) in [5.41, 5.74) is 8.61. The van der Waals surface area contributed by atoms with Gasteiger partial charge in [0.15, 0.2) is 0 Å². The molecule has 2 atom stereocenters. The molecule has 1 aromatic carbocycles. The Labute approximate surface area is 121 Å². The molecular weight excluding hydrogens is 304 g/mol. The summed E-state index contributed by atoms with van der Waals surface area (Å²) in [6.45, 7) is 2.12. The van der Waals surface area contributed by atoms with Gasteiger partial charge in [0.1, 0.15) is 5.75 Å². The number of aromatic nitrogens is 1. The lowest BCUT2D eigenvalue weighted by atomic mass is 9.90. The summed E-state index contributed by atoms with van der Waals surface area (Å²) in [6.07, 6.45) is 3.58. The molecule has 0 aliphatic heterocycles. The number of ether oxygens (including phenoxy) is 1. The Kier molecular flexibility index (Phi) is 4.56. The Hall–Kier alpha value is -1.39. The second-order valence-corrected chi connectivity index (χ2v) is 5.34. The molecule has 0 spiro atoms. The molecule has 100 valence electrons. The van der Waals surface area contributed by atoms with Crippen molar-refractivity contribution >= 4 is 15.9 Å². The predicted molar refractivity (Wildman–Crippen MR) is 80.3 cm³/mol. The summed E-state index contributed by atoms with van der Waals surface area (Å²) in [5, 5.41) is 0.